The Bertz CT molecular complexity index is 527. The second-order valence-electron chi connectivity index (χ2n) is 4.23. The van der Waals surface area contributed by atoms with E-state index in [9.17, 15) is 18.0 Å². The largest absolute Gasteiger partial charge is 0.479 e. The van der Waals surface area contributed by atoms with Gasteiger partial charge in [-0.1, -0.05) is 19.6 Å². The third-order valence-electron chi connectivity index (χ3n) is 2.81. The molecule has 0 heterocycles. The van der Waals surface area contributed by atoms with Crippen molar-refractivity contribution in [2.75, 3.05) is 0 Å². The summed E-state index contributed by atoms with van der Waals surface area (Å²) >= 11 is 0. The van der Waals surface area contributed by atoms with E-state index in [1.54, 1.807) is 0 Å². The first-order valence-electron chi connectivity index (χ1n) is 5.96. The molecule has 6 heteroatoms. The van der Waals surface area contributed by atoms with E-state index in [0.29, 0.717) is 0 Å². The standard InChI is InChI=1S/C14H15F3O3/c1-4-9-6-10(14(16,17)5-2)12(7-11(9)15)20-8(3)13(18)19/h4,6-8H,1,5H2,2-3H3,(H,18,19)/t8-/m0/s1. The molecule has 1 aromatic rings. The number of alkyl halides is 2. The van der Waals surface area contributed by atoms with Gasteiger partial charge < -0.3 is 9.84 Å². The third-order valence-corrected chi connectivity index (χ3v) is 2.81. The quantitative estimate of drug-likeness (QED) is 0.865. The summed E-state index contributed by atoms with van der Waals surface area (Å²) in [5, 5.41) is 8.74. The summed E-state index contributed by atoms with van der Waals surface area (Å²) in [5.41, 5.74) is -0.646. The van der Waals surface area contributed by atoms with Gasteiger partial charge in [0.05, 0.1) is 5.56 Å². The smallest absolute Gasteiger partial charge is 0.344 e. The van der Waals surface area contributed by atoms with Crippen molar-refractivity contribution < 1.29 is 27.8 Å². The molecule has 20 heavy (non-hydrogen) atoms. The van der Waals surface area contributed by atoms with Gasteiger partial charge in [-0.2, -0.15) is 0 Å². The van der Waals surface area contributed by atoms with Gasteiger partial charge in [0.15, 0.2) is 6.10 Å². The first-order valence-corrected chi connectivity index (χ1v) is 5.96. The zero-order chi connectivity index (χ0) is 15.5. The Morgan fingerprint density at radius 2 is 2.15 bits per heavy atom. The number of hydrogen-bond donors (Lipinski definition) is 1. The van der Waals surface area contributed by atoms with Crippen molar-refractivity contribution in [3.8, 4) is 5.75 Å². The van der Waals surface area contributed by atoms with Gasteiger partial charge in [-0.25, -0.2) is 18.0 Å². The molecule has 3 nitrogen and oxygen atoms in total. The maximum atomic E-state index is 13.9. The summed E-state index contributed by atoms with van der Waals surface area (Å²) in [6, 6.07) is 1.69. The van der Waals surface area contributed by atoms with E-state index in [1.807, 2.05) is 0 Å². The molecule has 1 N–H and O–H groups in total. The fourth-order valence-electron chi connectivity index (χ4n) is 1.54. The van der Waals surface area contributed by atoms with Crippen molar-refractivity contribution in [2.45, 2.75) is 32.3 Å². The molecule has 0 spiro atoms. The van der Waals surface area contributed by atoms with Crippen molar-refractivity contribution in [3.05, 3.63) is 35.7 Å². The van der Waals surface area contributed by atoms with E-state index in [2.05, 4.69) is 6.58 Å². The maximum absolute atomic E-state index is 13.9. The lowest BCUT2D eigenvalue weighted by molar-refractivity contribution is -0.144. The summed E-state index contributed by atoms with van der Waals surface area (Å²) in [6.45, 7) is 5.78. The Balaban J connectivity index is 3.37. The molecule has 0 aliphatic rings. The normalized spacial score (nSPS) is 12.8. The number of ether oxygens (including phenoxy) is 1. The number of carbonyl (C=O) groups is 1. The van der Waals surface area contributed by atoms with Crippen LogP contribution in [0, 0.1) is 5.82 Å². The number of hydrogen-bond acceptors (Lipinski definition) is 2. The van der Waals surface area contributed by atoms with E-state index in [-0.39, 0.29) is 5.56 Å². The molecule has 0 aliphatic carbocycles. The predicted molar refractivity (Wildman–Crippen MR) is 68.4 cm³/mol. The van der Waals surface area contributed by atoms with Gasteiger partial charge in [0.1, 0.15) is 11.6 Å². The van der Waals surface area contributed by atoms with Crippen LogP contribution in [0.1, 0.15) is 31.4 Å². The summed E-state index contributed by atoms with van der Waals surface area (Å²) in [5.74, 6) is -5.86. The summed E-state index contributed by atoms with van der Waals surface area (Å²) in [4.78, 5) is 10.7. The molecule has 0 aliphatic heterocycles. The lowest BCUT2D eigenvalue weighted by Gasteiger charge is -2.21. The van der Waals surface area contributed by atoms with Gasteiger partial charge in [-0.3, -0.25) is 0 Å². The van der Waals surface area contributed by atoms with Crippen molar-refractivity contribution in [1.82, 2.24) is 0 Å². The highest BCUT2D eigenvalue weighted by Gasteiger charge is 2.34. The van der Waals surface area contributed by atoms with Gasteiger partial charge in [-0.15, -0.1) is 0 Å². The minimum atomic E-state index is -3.25. The zero-order valence-corrected chi connectivity index (χ0v) is 11.1. The minimum absolute atomic E-state index is 0.0940. The van der Waals surface area contributed by atoms with Gasteiger partial charge in [0.25, 0.3) is 5.92 Å². The van der Waals surface area contributed by atoms with E-state index >= 15 is 0 Å². The first-order chi connectivity index (χ1) is 9.22. The number of rotatable bonds is 6. The highest BCUT2D eigenvalue weighted by molar-refractivity contribution is 5.72. The van der Waals surface area contributed by atoms with Crippen LogP contribution >= 0.6 is 0 Å². The Kier molecular flexibility index (Phi) is 4.81. The molecule has 0 fully saturated rings. The highest BCUT2D eigenvalue weighted by Crippen LogP contribution is 2.39. The lowest BCUT2D eigenvalue weighted by Crippen LogP contribution is -2.25. The zero-order valence-electron chi connectivity index (χ0n) is 11.1. The van der Waals surface area contributed by atoms with Crippen molar-refractivity contribution in [3.63, 3.8) is 0 Å². The number of carboxylic acids is 1. The Labute approximate surface area is 114 Å². The van der Waals surface area contributed by atoms with Gasteiger partial charge in [-0.05, 0) is 13.0 Å². The van der Waals surface area contributed by atoms with Gasteiger partial charge in [0.2, 0.25) is 0 Å². The molecule has 1 rings (SSSR count). The molecule has 0 saturated heterocycles. The van der Waals surface area contributed by atoms with Crippen molar-refractivity contribution in [1.29, 1.82) is 0 Å². The minimum Gasteiger partial charge on any atom is -0.479 e. The van der Waals surface area contributed by atoms with Crippen molar-refractivity contribution in [2.24, 2.45) is 0 Å². The topological polar surface area (TPSA) is 46.5 Å². The van der Waals surface area contributed by atoms with E-state index < -0.39 is 41.5 Å². The van der Waals surface area contributed by atoms with Gasteiger partial charge in [0, 0.05) is 18.1 Å². The van der Waals surface area contributed by atoms with Gasteiger partial charge >= 0.3 is 5.97 Å². The predicted octanol–water partition coefficient (Wildman–Crippen LogP) is 3.82. The van der Waals surface area contributed by atoms with Crippen LogP contribution in [0.5, 0.6) is 5.75 Å². The molecule has 0 aromatic heterocycles. The van der Waals surface area contributed by atoms with E-state index in [0.717, 1.165) is 18.2 Å². The second kappa shape index (κ2) is 5.98. The Hall–Kier alpha value is -1.98. The van der Waals surface area contributed by atoms with Crippen LogP contribution in [-0.2, 0) is 10.7 Å². The molecule has 0 amide bonds. The van der Waals surface area contributed by atoms with Crippen LogP contribution in [0.2, 0.25) is 0 Å². The van der Waals surface area contributed by atoms with Crippen LogP contribution in [0.4, 0.5) is 13.2 Å². The molecule has 0 bridgehead atoms. The summed E-state index contributed by atoms with van der Waals surface area (Å²) in [6.07, 6.45) is -0.780. The van der Waals surface area contributed by atoms with E-state index in [4.69, 9.17) is 9.84 Å². The SMILES string of the molecule is C=Cc1cc(C(F)(F)CC)c(O[C@@H](C)C(=O)O)cc1F. The molecular weight excluding hydrogens is 273 g/mol. The molecule has 1 aromatic carbocycles. The number of carboxylic acid groups (broad SMARTS) is 1. The average Bonchev–Trinajstić information content (AvgIpc) is 2.38. The second-order valence-corrected chi connectivity index (χ2v) is 4.23. The Morgan fingerprint density at radius 3 is 2.60 bits per heavy atom. The van der Waals surface area contributed by atoms with Crippen LogP contribution < -0.4 is 4.74 Å². The maximum Gasteiger partial charge on any atom is 0.344 e. The molecule has 0 saturated carbocycles. The van der Waals surface area contributed by atoms with Crippen LogP contribution in [-0.4, -0.2) is 17.2 Å². The average molecular weight is 288 g/mol. The molecule has 0 radical (unpaired) electrons. The van der Waals surface area contributed by atoms with E-state index in [1.165, 1.54) is 13.8 Å². The Morgan fingerprint density at radius 1 is 1.55 bits per heavy atom. The fraction of sp³-hybridized carbons (Fsp3) is 0.357. The van der Waals surface area contributed by atoms with Crippen LogP contribution in [0.3, 0.4) is 0 Å². The van der Waals surface area contributed by atoms with Crippen LogP contribution in [0.15, 0.2) is 18.7 Å². The molecule has 0 unspecified atom stereocenters. The monoisotopic (exact) mass is 288 g/mol. The summed E-state index contributed by atoms with van der Waals surface area (Å²) in [7, 11) is 0. The highest BCUT2D eigenvalue weighted by atomic mass is 19.3. The summed E-state index contributed by atoms with van der Waals surface area (Å²) < 4.78 is 46.3. The molecular formula is C14H15F3O3. The first kappa shape index (κ1) is 16.1. The fourth-order valence-corrected chi connectivity index (χ4v) is 1.54. The number of benzene rings is 1. The number of halogens is 3. The van der Waals surface area contributed by atoms with Crippen molar-refractivity contribution >= 4 is 12.0 Å². The molecule has 110 valence electrons. The third kappa shape index (κ3) is 3.31. The number of aliphatic carboxylic acids is 1. The molecule has 1 atom stereocenters. The van der Waals surface area contributed by atoms with Crippen LogP contribution in [0.25, 0.3) is 6.08 Å². The lowest BCUT2D eigenvalue weighted by atomic mass is 10.0.